The van der Waals surface area contributed by atoms with Gasteiger partial charge in [0.2, 0.25) is 0 Å². The van der Waals surface area contributed by atoms with E-state index >= 15 is 0 Å². The summed E-state index contributed by atoms with van der Waals surface area (Å²) in [5.41, 5.74) is 3.09. The lowest BCUT2D eigenvalue weighted by Gasteiger charge is -2.02. The van der Waals surface area contributed by atoms with Crippen LogP contribution in [-0.2, 0) is 0 Å². The van der Waals surface area contributed by atoms with Gasteiger partial charge < -0.3 is 9.72 Å². The summed E-state index contributed by atoms with van der Waals surface area (Å²) in [6.45, 7) is 1.99. The minimum absolute atomic E-state index is 0.818. The second-order valence-corrected chi connectivity index (χ2v) is 5.78. The molecule has 0 amide bonds. The molecule has 1 N–H and O–H groups in total. The predicted molar refractivity (Wildman–Crippen MR) is 80.3 cm³/mol. The molecule has 0 fully saturated rings. The molecule has 3 rings (SSSR count). The van der Waals surface area contributed by atoms with Crippen molar-refractivity contribution in [2.45, 2.75) is 6.92 Å². The summed E-state index contributed by atoms with van der Waals surface area (Å²) in [5.74, 6) is 0.818. The standard InChI is InChI=1S/C13H10Br2N2O/c1-6-13-8(4-12(15)16-6)7-3-9(14)11(18-2)5-10(7)17-13/h3-5,17H,1-2H3. The molecule has 0 saturated carbocycles. The third kappa shape index (κ3) is 1.73. The number of H-pyrrole nitrogens is 1. The summed E-state index contributed by atoms with van der Waals surface area (Å²) in [7, 11) is 1.66. The molecule has 2 heterocycles. The first-order valence-electron chi connectivity index (χ1n) is 5.42. The average molecular weight is 370 g/mol. The first-order valence-corrected chi connectivity index (χ1v) is 7.01. The summed E-state index contributed by atoms with van der Waals surface area (Å²) in [6.07, 6.45) is 0. The smallest absolute Gasteiger partial charge is 0.135 e. The number of aromatic amines is 1. The van der Waals surface area contributed by atoms with Crippen molar-refractivity contribution in [3.05, 3.63) is 33.0 Å². The highest BCUT2D eigenvalue weighted by Gasteiger charge is 2.11. The fourth-order valence-electron chi connectivity index (χ4n) is 2.18. The highest BCUT2D eigenvalue weighted by atomic mass is 79.9. The number of rotatable bonds is 1. The van der Waals surface area contributed by atoms with Gasteiger partial charge >= 0.3 is 0 Å². The van der Waals surface area contributed by atoms with Crippen LogP contribution in [0.5, 0.6) is 5.75 Å². The fraction of sp³-hybridized carbons (Fsp3) is 0.154. The zero-order chi connectivity index (χ0) is 12.9. The van der Waals surface area contributed by atoms with E-state index in [-0.39, 0.29) is 0 Å². The van der Waals surface area contributed by atoms with Gasteiger partial charge in [-0.1, -0.05) is 0 Å². The maximum Gasteiger partial charge on any atom is 0.135 e. The Morgan fingerprint density at radius 3 is 2.67 bits per heavy atom. The van der Waals surface area contributed by atoms with Crippen molar-refractivity contribution in [3.8, 4) is 5.75 Å². The highest BCUT2D eigenvalue weighted by Crippen LogP contribution is 2.35. The molecule has 3 nitrogen and oxygen atoms in total. The van der Waals surface area contributed by atoms with Gasteiger partial charge in [0.05, 0.1) is 28.3 Å². The second kappa shape index (κ2) is 4.24. The number of hydrogen-bond donors (Lipinski definition) is 1. The Labute approximate surface area is 121 Å². The predicted octanol–water partition coefficient (Wildman–Crippen LogP) is 4.56. The Morgan fingerprint density at radius 1 is 1.17 bits per heavy atom. The number of nitrogens with one attached hydrogen (secondary N) is 1. The van der Waals surface area contributed by atoms with E-state index in [1.807, 2.05) is 19.1 Å². The number of aromatic nitrogens is 2. The molecule has 2 aromatic heterocycles. The Bertz CT molecular complexity index is 765. The number of halogens is 2. The van der Waals surface area contributed by atoms with Gasteiger partial charge in [-0.05, 0) is 50.9 Å². The van der Waals surface area contributed by atoms with Crippen molar-refractivity contribution in [2.24, 2.45) is 0 Å². The molecule has 0 saturated heterocycles. The van der Waals surface area contributed by atoms with Crippen LogP contribution >= 0.6 is 31.9 Å². The van der Waals surface area contributed by atoms with E-state index in [0.29, 0.717) is 0 Å². The van der Waals surface area contributed by atoms with Crippen LogP contribution in [0, 0.1) is 6.92 Å². The maximum atomic E-state index is 5.31. The summed E-state index contributed by atoms with van der Waals surface area (Å²) >= 11 is 6.96. The number of methoxy groups -OCH3 is 1. The zero-order valence-corrected chi connectivity index (χ0v) is 13.0. The minimum Gasteiger partial charge on any atom is -0.495 e. The zero-order valence-electron chi connectivity index (χ0n) is 9.84. The van der Waals surface area contributed by atoms with Gasteiger partial charge in [0.25, 0.3) is 0 Å². The molecule has 0 unspecified atom stereocenters. The van der Waals surface area contributed by atoms with Gasteiger partial charge in [-0.15, -0.1) is 0 Å². The molecule has 92 valence electrons. The molecule has 0 aliphatic heterocycles. The maximum absolute atomic E-state index is 5.31. The molecular formula is C13H10Br2N2O. The van der Waals surface area contributed by atoms with Crippen molar-refractivity contribution >= 4 is 53.7 Å². The van der Waals surface area contributed by atoms with Crippen LogP contribution < -0.4 is 4.74 Å². The molecular weight excluding hydrogens is 360 g/mol. The monoisotopic (exact) mass is 368 g/mol. The van der Waals surface area contributed by atoms with Gasteiger partial charge in [-0.3, -0.25) is 0 Å². The molecule has 0 spiro atoms. The van der Waals surface area contributed by atoms with Crippen molar-refractivity contribution in [2.75, 3.05) is 7.11 Å². The fourth-order valence-corrected chi connectivity index (χ4v) is 3.18. The van der Waals surface area contributed by atoms with E-state index in [9.17, 15) is 0 Å². The van der Waals surface area contributed by atoms with Gasteiger partial charge in [-0.2, -0.15) is 0 Å². The van der Waals surface area contributed by atoms with E-state index in [2.05, 4.69) is 47.9 Å². The van der Waals surface area contributed by atoms with Crippen LogP contribution in [-0.4, -0.2) is 17.1 Å². The topological polar surface area (TPSA) is 37.9 Å². The van der Waals surface area contributed by atoms with E-state index in [1.54, 1.807) is 7.11 Å². The van der Waals surface area contributed by atoms with Crippen LogP contribution in [0.1, 0.15) is 5.69 Å². The Balaban J connectivity index is 2.48. The van der Waals surface area contributed by atoms with Crippen molar-refractivity contribution < 1.29 is 4.74 Å². The summed E-state index contributed by atoms with van der Waals surface area (Å²) < 4.78 is 7.11. The summed E-state index contributed by atoms with van der Waals surface area (Å²) in [4.78, 5) is 7.80. The number of pyridine rings is 1. The van der Waals surface area contributed by atoms with Crippen molar-refractivity contribution in [1.29, 1.82) is 0 Å². The van der Waals surface area contributed by atoms with Crippen molar-refractivity contribution in [3.63, 3.8) is 0 Å². The number of aryl methyl sites for hydroxylation is 1. The third-order valence-electron chi connectivity index (χ3n) is 3.01. The quantitative estimate of drug-likeness (QED) is 0.638. The Morgan fingerprint density at radius 2 is 1.94 bits per heavy atom. The van der Waals surface area contributed by atoms with E-state index in [4.69, 9.17) is 4.74 Å². The van der Waals surface area contributed by atoms with Gasteiger partial charge in [0, 0.05) is 16.8 Å². The lowest BCUT2D eigenvalue weighted by Crippen LogP contribution is -1.83. The molecule has 0 aliphatic carbocycles. The summed E-state index contributed by atoms with van der Waals surface area (Å²) in [5, 5.41) is 2.32. The van der Waals surface area contributed by atoms with Gasteiger partial charge in [0.15, 0.2) is 0 Å². The SMILES string of the molecule is COc1cc2[nH]c3c(C)nc(Br)cc3c2cc1Br. The molecule has 3 aromatic rings. The van der Waals surface area contributed by atoms with E-state index in [1.165, 1.54) is 0 Å². The minimum atomic E-state index is 0.818. The first-order chi connectivity index (χ1) is 8.60. The third-order valence-corrected chi connectivity index (χ3v) is 4.04. The number of nitrogens with zero attached hydrogens (tertiary/aromatic N) is 1. The summed E-state index contributed by atoms with van der Waals surface area (Å²) in [6, 6.07) is 6.09. The molecule has 1 aromatic carbocycles. The number of benzene rings is 1. The van der Waals surface area contributed by atoms with Gasteiger partial charge in [-0.25, -0.2) is 4.98 Å². The lowest BCUT2D eigenvalue weighted by molar-refractivity contribution is 0.413. The highest BCUT2D eigenvalue weighted by molar-refractivity contribution is 9.10. The number of hydrogen-bond acceptors (Lipinski definition) is 2. The molecule has 0 atom stereocenters. The largest absolute Gasteiger partial charge is 0.495 e. The Kier molecular flexibility index (Phi) is 2.83. The number of fused-ring (bicyclic) bond motifs is 3. The molecule has 18 heavy (non-hydrogen) atoms. The normalized spacial score (nSPS) is 11.3. The average Bonchev–Trinajstić information content (AvgIpc) is 2.66. The van der Waals surface area contributed by atoms with Crippen LogP contribution in [0.25, 0.3) is 21.8 Å². The van der Waals surface area contributed by atoms with E-state index in [0.717, 1.165) is 42.3 Å². The number of ether oxygens (including phenoxy) is 1. The second-order valence-electron chi connectivity index (χ2n) is 4.11. The van der Waals surface area contributed by atoms with Crippen LogP contribution in [0.3, 0.4) is 0 Å². The van der Waals surface area contributed by atoms with Crippen molar-refractivity contribution in [1.82, 2.24) is 9.97 Å². The van der Waals surface area contributed by atoms with Crippen LogP contribution in [0.2, 0.25) is 0 Å². The molecule has 0 aliphatic rings. The molecule has 5 heteroatoms. The molecule has 0 radical (unpaired) electrons. The van der Waals surface area contributed by atoms with Gasteiger partial charge in [0.1, 0.15) is 10.4 Å². The van der Waals surface area contributed by atoms with Crippen LogP contribution in [0.4, 0.5) is 0 Å². The first kappa shape index (κ1) is 12.0. The Hall–Kier alpha value is -1.07. The molecule has 0 bridgehead atoms. The lowest BCUT2D eigenvalue weighted by atomic mass is 10.1. The van der Waals surface area contributed by atoms with Crippen LogP contribution in [0.15, 0.2) is 27.3 Å². The van der Waals surface area contributed by atoms with E-state index < -0.39 is 0 Å².